The standard InChI is InChI=1S/C21H20NSSi.C14H14N.Ir/c1-14-8-10-19(22-13-14)17-7-5-6-16-18-12-15(24(2,3)4)9-11-20(18)23-21(16)17;1-11(2)13-8-9-14(15-10-13)12-6-4-3-5-7-12;/h5-6,8-13H,1-4H3;3-6,8-11H,1-2H3;/q2*-1;/i1D3;;. The number of thiophene rings is 1. The second-order valence-corrected chi connectivity index (χ2v) is 17.1. The molecule has 1 radical (unpaired) electrons. The predicted molar refractivity (Wildman–Crippen MR) is 172 cm³/mol. The number of aromatic nitrogens is 2. The molecule has 0 aliphatic rings. The van der Waals surface area contributed by atoms with Crippen molar-refractivity contribution in [2.45, 2.75) is 46.3 Å². The first-order valence-electron chi connectivity index (χ1n) is 14.7. The minimum Gasteiger partial charge on any atom is -0.304 e. The maximum atomic E-state index is 7.51. The third-order valence-electron chi connectivity index (χ3n) is 6.75. The van der Waals surface area contributed by atoms with Crippen LogP contribution in [0.15, 0.2) is 91.3 Å². The van der Waals surface area contributed by atoms with Crippen molar-refractivity contribution in [3.8, 4) is 22.5 Å². The van der Waals surface area contributed by atoms with Crippen LogP contribution in [-0.2, 0) is 20.1 Å². The Bertz CT molecular complexity index is 1810. The Morgan fingerprint density at radius 2 is 1.62 bits per heavy atom. The summed E-state index contributed by atoms with van der Waals surface area (Å²) in [6.07, 6.45) is 3.40. The molecule has 3 heterocycles. The molecular weight excluding hydrogens is 701 g/mol. The van der Waals surface area contributed by atoms with Crippen LogP contribution in [0.4, 0.5) is 0 Å². The van der Waals surface area contributed by atoms with Crippen LogP contribution in [0.2, 0.25) is 19.6 Å². The molecule has 0 N–H and O–H groups in total. The number of nitrogens with zero attached hydrogens (tertiary/aromatic N) is 2. The molecule has 2 nitrogen and oxygen atoms in total. The van der Waals surface area contributed by atoms with E-state index in [-0.39, 0.29) is 25.7 Å². The number of aryl methyl sites for hydroxylation is 1. The second-order valence-electron chi connectivity index (χ2n) is 11.0. The minimum atomic E-state index is -2.13. The molecular formula is C35H34IrN2SSi-2. The number of hydrogen-bond acceptors (Lipinski definition) is 3. The van der Waals surface area contributed by atoms with Gasteiger partial charge >= 0.3 is 0 Å². The van der Waals surface area contributed by atoms with Gasteiger partial charge in [-0.3, -0.25) is 0 Å². The van der Waals surface area contributed by atoms with E-state index >= 15 is 0 Å². The molecule has 0 aliphatic heterocycles. The first kappa shape index (κ1) is 26.0. The Kier molecular flexibility index (Phi) is 8.25. The maximum Gasteiger partial charge on any atom is 0.0776 e. The molecule has 3 aromatic carbocycles. The van der Waals surface area contributed by atoms with Crippen LogP contribution in [0, 0.1) is 19.0 Å². The quantitative estimate of drug-likeness (QED) is 0.133. The van der Waals surface area contributed by atoms with E-state index in [9.17, 15) is 0 Å². The number of benzene rings is 3. The van der Waals surface area contributed by atoms with Crippen LogP contribution >= 0.6 is 11.3 Å². The molecule has 0 bridgehead atoms. The van der Waals surface area contributed by atoms with E-state index in [4.69, 9.17) is 4.11 Å². The molecule has 205 valence electrons. The molecule has 40 heavy (non-hydrogen) atoms. The SMILES string of the molecule is CC(C)c1ccc(-c2[c-]cccc2)nc1.[2H]C([2H])([2H])c1ccc(-c2[c-]ccc3c2sc2ccc([Si](C)(C)C)cc23)nc1.[Ir]. The van der Waals surface area contributed by atoms with Gasteiger partial charge in [-0.05, 0) is 51.4 Å². The Labute approximate surface area is 261 Å². The molecule has 6 aromatic rings. The monoisotopic (exact) mass is 738 g/mol. The summed E-state index contributed by atoms with van der Waals surface area (Å²) >= 11 is 1.75. The van der Waals surface area contributed by atoms with Gasteiger partial charge in [-0.25, -0.2) is 0 Å². The molecule has 0 fully saturated rings. The molecule has 0 unspecified atom stereocenters. The van der Waals surface area contributed by atoms with E-state index in [1.807, 2.05) is 36.5 Å². The summed E-state index contributed by atoms with van der Waals surface area (Å²) in [4.78, 5) is 8.85. The van der Waals surface area contributed by atoms with Gasteiger partial charge < -0.3 is 9.97 Å². The van der Waals surface area contributed by atoms with Gasteiger partial charge in [0.1, 0.15) is 0 Å². The fraction of sp³-hybridized carbons (Fsp3) is 0.200. The van der Waals surface area contributed by atoms with Gasteiger partial charge in [0, 0.05) is 41.3 Å². The van der Waals surface area contributed by atoms with Gasteiger partial charge in [-0.2, -0.15) is 11.3 Å². The fourth-order valence-electron chi connectivity index (χ4n) is 4.40. The van der Waals surface area contributed by atoms with E-state index in [1.54, 1.807) is 23.5 Å². The molecule has 0 saturated heterocycles. The number of hydrogen-bond donors (Lipinski definition) is 0. The summed E-state index contributed by atoms with van der Waals surface area (Å²) in [5.74, 6) is 0.534. The van der Waals surface area contributed by atoms with Gasteiger partial charge in [0.2, 0.25) is 0 Å². The Morgan fingerprint density at radius 1 is 0.825 bits per heavy atom. The smallest absolute Gasteiger partial charge is 0.0776 e. The number of fused-ring (bicyclic) bond motifs is 3. The molecule has 0 atom stereocenters. The van der Waals surface area contributed by atoms with Crippen molar-refractivity contribution in [1.82, 2.24) is 9.97 Å². The van der Waals surface area contributed by atoms with Crippen LogP contribution in [-0.4, -0.2) is 18.0 Å². The maximum absolute atomic E-state index is 7.51. The summed E-state index contributed by atoms with van der Waals surface area (Å²) in [5.41, 5.74) is 5.25. The third kappa shape index (κ3) is 6.67. The zero-order chi connectivity index (χ0) is 30.1. The van der Waals surface area contributed by atoms with Gasteiger partial charge in [0.15, 0.2) is 0 Å². The van der Waals surface area contributed by atoms with Crippen LogP contribution < -0.4 is 5.19 Å². The molecule has 0 spiro atoms. The summed E-state index contributed by atoms with van der Waals surface area (Å²) in [6.45, 7) is 9.29. The normalized spacial score (nSPS) is 12.7. The second kappa shape index (κ2) is 12.7. The van der Waals surface area contributed by atoms with E-state index in [0.717, 1.165) is 27.2 Å². The molecule has 0 amide bonds. The summed E-state index contributed by atoms with van der Waals surface area (Å²) in [6, 6.07) is 32.9. The van der Waals surface area contributed by atoms with Crippen LogP contribution in [0.25, 0.3) is 42.7 Å². The van der Waals surface area contributed by atoms with E-state index in [0.29, 0.717) is 5.92 Å². The van der Waals surface area contributed by atoms with Gasteiger partial charge in [-0.15, -0.1) is 59.7 Å². The Balaban J connectivity index is 0.000000225. The molecule has 5 heteroatoms. The molecule has 6 rings (SSSR count). The molecule has 0 saturated carbocycles. The van der Waals surface area contributed by atoms with Crippen LogP contribution in [0.1, 0.15) is 35.0 Å². The van der Waals surface area contributed by atoms with Gasteiger partial charge in [0.05, 0.1) is 8.07 Å². The van der Waals surface area contributed by atoms with E-state index < -0.39 is 14.9 Å². The first-order chi connectivity index (χ1) is 19.9. The van der Waals surface area contributed by atoms with Crippen molar-refractivity contribution < 1.29 is 24.2 Å². The van der Waals surface area contributed by atoms with E-state index in [1.165, 1.54) is 32.4 Å². The molecule has 3 aromatic heterocycles. The Hall–Kier alpha value is -2.95. The summed E-state index contributed by atoms with van der Waals surface area (Å²) in [5, 5.41) is 3.94. The van der Waals surface area contributed by atoms with Crippen molar-refractivity contribution in [3.05, 3.63) is 115 Å². The zero-order valence-corrected chi connectivity index (χ0v) is 27.6. The average molecular weight is 738 g/mol. The first-order valence-corrected chi connectivity index (χ1v) is 17.5. The zero-order valence-electron chi connectivity index (χ0n) is 26.4. The summed E-state index contributed by atoms with van der Waals surface area (Å²) < 4.78 is 24.9. The van der Waals surface area contributed by atoms with Crippen molar-refractivity contribution >= 4 is 44.8 Å². The predicted octanol–water partition coefficient (Wildman–Crippen LogP) is 9.44. The largest absolute Gasteiger partial charge is 0.304 e. The van der Waals surface area contributed by atoms with Gasteiger partial charge in [-0.1, -0.05) is 80.5 Å². The number of pyridine rings is 2. The van der Waals surface area contributed by atoms with Gasteiger partial charge in [0.25, 0.3) is 0 Å². The topological polar surface area (TPSA) is 25.8 Å². The molecule has 0 aliphatic carbocycles. The summed E-state index contributed by atoms with van der Waals surface area (Å²) in [7, 11) is -1.38. The number of rotatable bonds is 4. The fourth-order valence-corrected chi connectivity index (χ4v) is 6.75. The van der Waals surface area contributed by atoms with Crippen molar-refractivity contribution in [1.29, 1.82) is 0 Å². The average Bonchev–Trinajstić information content (AvgIpc) is 3.35. The van der Waals surface area contributed by atoms with Crippen LogP contribution in [0.3, 0.4) is 0 Å². The Morgan fingerprint density at radius 3 is 2.25 bits per heavy atom. The van der Waals surface area contributed by atoms with Crippen molar-refractivity contribution in [3.63, 3.8) is 0 Å². The van der Waals surface area contributed by atoms with Crippen molar-refractivity contribution in [2.75, 3.05) is 0 Å². The van der Waals surface area contributed by atoms with E-state index in [2.05, 4.69) is 92.0 Å². The third-order valence-corrected chi connectivity index (χ3v) is 10.0. The van der Waals surface area contributed by atoms with Crippen LogP contribution in [0.5, 0.6) is 0 Å². The van der Waals surface area contributed by atoms with Crippen molar-refractivity contribution in [2.24, 2.45) is 0 Å². The minimum absolute atomic E-state index is 0.